The summed E-state index contributed by atoms with van der Waals surface area (Å²) in [6.45, 7) is 5.49. The maximum Gasteiger partial charge on any atom is 0.126 e. The normalized spacial score (nSPS) is 24.6. The van der Waals surface area contributed by atoms with E-state index in [1.165, 1.54) is 32.1 Å². The SMILES string of the molecule is Cc1cccc(NCCC2CCCC(C)C2)n1. The number of nitrogens with zero attached hydrogens (tertiary/aromatic N) is 1. The molecule has 1 aromatic rings. The molecule has 2 heteroatoms. The van der Waals surface area contributed by atoms with Gasteiger partial charge in [0.1, 0.15) is 5.82 Å². The topological polar surface area (TPSA) is 24.9 Å². The van der Waals surface area contributed by atoms with Gasteiger partial charge in [0, 0.05) is 12.2 Å². The zero-order valence-electron chi connectivity index (χ0n) is 11.1. The second kappa shape index (κ2) is 6.04. The van der Waals surface area contributed by atoms with Gasteiger partial charge in [0.15, 0.2) is 0 Å². The first kappa shape index (κ1) is 12.4. The molecule has 17 heavy (non-hydrogen) atoms. The number of hydrogen-bond acceptors (Lipinski definition) is 2. The molecule has 1 aromatic heterocycles. The van der Waals surface area contributed by atoms with Gasteiger partial charge in [0.05, 0.1) is 0 Å². The molecule has 0 saturated heterocycles. The fraction of sp³-hybridized carbons (Fsp3) is 0.667. The predicted molar refractivity (Wildman–Crippen MR) is 73.2 cm³/mol. The Morgan fingerprint density at radius 3 is 3.00 bits per heavy atom. The van der Waals surface area contributed by atoms with E-state index in [0.717, 1.165) is 29.9 Å². The van der Waals surface area contributed by atoms with Crippen molar-refractivity contribution in [3.63, 3.8) is 0 Å². The second-order valence-electron chi connectivity index (χ2n) is 5.52. The smallest absolute Gasteiger partial charge is 0.126 e. The lowest BCUT2D eigenvalue weighted by molar-refractivity contribution is 0.274. The summed E-state index contributed by atoms with van der Waals surface area (Å²) in [5.74, 6) is 2.88. The van der Waals surface area contributed by atoms with Crippen LogP contribution in [0.1, 0.15) is 44.7 Å². The maximum atomic E-state index is 4.46. The van der Waals surface area contributed by atoms with E-state index in [2.05, 4.69) is 29.4 Å². The van der Waals surface area contributed by atoms with Gasteiger partial charge in [-0.1, -0.05) is 32.3 Å². The molecule has 0 spiro atoms. The van der Waals surface area contributed by atoms with E-state index in [1.54, 1.807) is 0 Å². The first-order valence-corrected chi connectivity index (χ1v) is 6.91. The summed E-state index contributed by atoms with van der Waals surface area (Å²) in [7, 11) is 0. The highest BCUT2D eigenvalue weighted by Gasteiger charge is 2.18. The van der Waals surface area contributed by atoms with Crippen LogP contribution < -0.4 is 5.32 Å². The molecule has 1 fully saturated rings. The average Bonchev–Trinajstić information content (AvgIpc) is 2.29. The number of pyridine rings is 1. The number of aryl methyl sites for hydroxylation is 1. The molecule has 0 aliphatic heterocycles. The van der Waals surface area contributed by atoms with E-state index in [9.17, 15) is 0 Å². The van der Waals surface area contributed by atoms with Gasteiger partial charge >= 0.3 is 0 Å². The van der Waals surface area contributed by atoms with Crippen LogP contribution in [0.3, 0.4) is 0 Å². The Balaban J connectivity index is 1.72. The predicted octanol–water partition coefficient (Wildman–Crippen LogP) is 4.02. The minimum absolute atomic E-state index is 0.927. The zero-order valence-corrected chi connectivity index (χ0v) is 11.1. The lowest BCUT2D eigenvalue weighted by atomic mass is 9.81. The van der Waals surface area contributed by atoms with Gasteiger partial charge in [-0.25, -0.2) is 4.98 Å². The van der Waals surface area contributed by atoms with E-state index in [4.69, 9.17) is 0 Å². The molecule has 1 saturated carbocycles. The molecule has 2 atom stereocenters. The van der Waals surface area contributed by atoms with Crippen molar-refractivity contribution in [2.24, 2.45) is 11.8 Å². The Morgan fingerprint density at radius 2 is 2.24 bits per heavy atom. The summed E-state index contributed by atoms with van der Waals surface area (Å²) in [5.41, 5.74) is 1.08. The van der Waals surface area contributed by atoms with Gasteiger partial charge in [-0.3, -0.25) is 0 Å². The molecular formula is C15H24N2. The van der Waals surface area contributed by atoms with Crippen molar-refractivity contribution >= 4 is 5.82 Å². The zero-order chi connectivity index (χ0) is 12.1. The first-order chi connectivity index (χ1) is 8.24. The highest BCUT2D eigenvalue weighted by molar-refractivity contribution is 5.34. The number of anilines is 1. The molecule has 2 unspecified atom stereocenters. The fourth-order valence-electron chi connectivity index (χ4n) is 2.87. The molecule has 1 aliphatic carbocycles. The van der Waals surface area contributed by atoms with Crippen LogP contribution in [-0.4, -0.2) is 11.5 Å². The summed E-state index contributed by atoms with van der Waals surface area (Å²) in [5, 5.41) is 3.44. The van der Waals surface area contributed by atoms with Crippen LogP contribution >= 0.6 is 0 Å². The third-order valence-electron chi connectivity index (χ3n) is 3.79. The van der Waals surface area contributed by atoms with Gasteiger partial charge in [-0.15, -0.1) is 0 Å². The molecule has 0 radical (unpaired) electrons. The second-order valence-corrected chi connectivity index (χ2v) is 5.52. The van der Waals surface area contributed by atoms with E-state index >= 15 is 0 Å². The monoisotopic (exact) mass is 232 g/mol. The molecule has 0 amide bonds. The Morgan fingerprint density at radius 1 is 1.35 bits per heavy atom. The highest BCUT2D eigenvalue weighted by atomic mass is 15.0. The Bertz CT molecular complexity index is 349. The number of nitrogens with one attached hydrogen (secondary N) is 1. The molecule has 1 aliphatic rings. The fourth-order valence-corrected chi connectivity index (χ4v) is 2.87. The number of hydrogen-bond donors (Lipinski definition) is 1. The van der Waals surface area contributed by atoms with Crippen molar-refractivity contribution < 1.29 is 0 Å². The van der Waals surface area contributed by atoms with Crippen molar-refractivity contribution in [2.75, 3.05) is 11.9 Å². The summed E-state index contributed by atoms with van der Waals surface area (Å²) in [4.78, 5) is 4.46. The number of aromatic nitrogens is 1. The Kier molecular flexibility index (Phi) is 4.41. The van der Waals surface area contributed by atoms with Crippen LogP contribution in [0.15, 0.2) is 18.2 Å². The van der Waals surface area contributed by atoms with Gasteiger partial charge in [-0.05, 0) is 43.7 Å². The summed E-state index contributed by atoms with van der Waals surface area (Å²) in [6.07, 6.45) is 6.99. The largest absolute Gasteiger partial charge is 0.370 e. The average molecular weight is 232 g/mol. The van der Waals surface area contributed by atoms with Crippen molar-refractivity contribution in [3.05, 3.63) is 23.9 Å². The maximum absolute atomic E-state index is 4.46. The lowest BCUT2D eigenvalue weighted by Crippen LogP contribution is -2.16. The van der Waals surface area contributed by atoms with Crippen molar-refractivity contribution in [1.29, 1.82) is 0 Å². The van der Waals surface area contributed by atoms with Crippen molar-refractivity contribution in [2.45, 2.75) is 46.0 Å². The van der Waals surface area contributed by atoms with E-state index in [1.807, 2.05) is 13.0 Å². The van der Waals surface area contributed by atoms with Crippen LogP contribution in [0.5, 0.6) is 0 Å². The van der Waals surface area contributed by atoms with E-state index in [-0.39, 0.29) is 0 Å². The third-order valence-corrected chi connectivity index (χ3v) is 3.79. The third kappa shape index (κ3) is 4.03. The molecule has 2 rings (SSSR count). The van der Waals surface area contributed by atoms with Crippen LogP contribution in [0, 0.1) is 18.8 Å². The van der Waals surface area contributed by atoms with E-state index in [0.29, 0.717) is 0 Å². The Labute approximate surface area is 105 Å². The molecule has 1 heterocycles. The minimum Gasteiger partial charge on any atom is -0.370 e. The van der Waals surface area contributed by atoms with Crippen LogP contribution in [0.4, 0.5) is 5.82 Å². The Hall–Kier alpha value is -1.05. The van der Waals surface area contributed by atoms with Gasteiger partial charge in [0.2, 0.25) is 0 Å². The molecule has 1 N–H and O–H groups in total. The molecule has 0 bridgehead atoms. The highest BCUT2D eigenvalue weighted by Crippen LogP contribution is 2.30. The number of rotatable bonds is 4. The molecule has 2 nitrogen and oxygen atoms in total. The quantitative estimate of drug-likeness (QED) is 0.848. The van der Waals surface area contributed by atoms with Gasteiger partial charge in [-0.2, -0.15) is 0 Å². The van der Waals surface area contributed by atoms with Crippen LogP contribution in [-0.2, 0) is 0 Å². The van der Waals surface area contributed by atoms with Gasteiger partial charge in [0.25, 0.3) is 0 Å². The van der Waals surface area contributed by atoms with Crippen LogP contribution in [0.2, 0.25) is 0 Å². The molecular weight excluding hydrogens is 208 g/mol. The lowest BCUT2D eigenvalue weighted by Gasteiger charge is -2.26. The first-order valence-electron chi connectivity index (χ1n) is 6.91. The van der Waals surface area contributed by atoms with Gasteiger partial charge < -0.3 is 5.32 Å². The van der Waals surface area contributed by atoms with E-state index < -0.39 is 0 Å². The molecule has 0 aromatic carbocycles. The summed E-state index contributed by atoms with van der Waals surface area (Å²) in [6, 6.07) is 6.15. The standard InChI is InChI=1S/C15H24N2/c1-12-5-3-7-14(11-12)9-10-16-15-8-4-6-13(2)17-15/h4,6,8,12,14H,3,5,7,9-11H2,1-2H3,(H,16,17). The van der Waals surface area contributed by atoms with Crippen molar-refractivity contribution in [3.8, 4) is 0 Å². The summed E-state index contributed by atoms with van der Waals surface area (Å²) < 4.78 is 0. The molecule has 94 valence electrons. The summed E-state index contributed by atoms with van der Waals surface area (Å²) >= 11 is 0. The van der Waals surface area contributed by atoms with Crippen molar-refractivity contribution in [1.82, 2.24) is 4.98 Å². The minimum atomic E-state index is 0.927. The van der Waals surface area contributed by atoms with Crippen LogP contribution in [0.25, 0.3) is 0 Å².